The maximum absolute atomic E-state index is 13.2. The van der Waals surface area contributed by atoms with E-state index in [2.05, 4.69) is 32.7 Å². The molecule has 10 heteroatoms. The van der Waals surface area contributed by atoms with Gasteiger partial charge in [-0.3, -0.25) is 14.9 Å². The van der Waals surface area contributed by atoms with E-state index >= 15 is 0 Å². The zero-order chi connectivity index (χ0) is 19.8. The lowest BCUT2D eigenvalue weighted by Gasteiger charge is -2.18. The van der Waals surface area contributed by atoms with Crippen molar-refractivity contribution in [2.45, 2.75) is 58.9 Å². The summed E-state index contributed by atoms with van der Waals surface area (Å²) in [6, 6.07) is -0.739. The van der Waals surface area contributed by atoms with Gasteiger partial charge in [0.2, 0.25) is 5.13 Å². The van der Waals surface area contributed by atoms with Crippen LogP contribution >= 0.6 is 22.7 Å². The molecule has 1 aliphatic carbocycles. The predicted molar refractivity (Wildman–Crippen MR) is 110 cm³/mol. The van der Waals surface area contributed by atoms with Gasteiger partial charge in [-0.05, 0) is 43.6 Å². The highest BCUT2D eigenvalue weighted by Gasteiger charge is 2.27. The van der Waals surface area contributed by atoms with Crippen molar-refractivity contribution >= 4 is 43.9 Å². The lowest BCUT2D eigenvalue weighted by atomic mass is 9.89. The third-order valence-corrected chi connectivity index (χ3v) is 7.25. The van der Waals surface area contributed by atoms with Crippen LogP contribution in [0.1, 0.15) is 55.1 Å². The van der Waals surface area contributed by atoms with Gasteiger partial charge in [-0.1, -0.05) is 37.3 Å². The Morgan fingerprint density at radius 2 is 2.11 bits per heavy atom. The Bertz CT molecular complexity index is 1090. The molecule has 28 heavy (non-hydrogen) atoms. The van der Waals surface area contributed by atoms with Crippen LogP contribution in [-0.4, -0.2) is 31.1 Å². The number of carbonyl (C=O) groups is 1. The second-order valence-corrected chi connectivity index (χ2v) is 9.28. The summed E-state index contributed by atoms with van der Waals surface area (Å²) in [5.41, 5.74) is 0.865. The summed E-state index contributed by atoms with van der Waals surface area (Å²) in [6.07, 6.45) is 4.10. The summed E-state index contributed by atoms with van der Waals surface area (Å²) < 4.78 is 1.23. The van der Waals surface area contributed by atoms with Gasteiger partial charge in [-0.25, -0.2) is 0 Å². The van der Waals surface area contributed by atoms with E-state index in [1.54, 1.807) is 11.3 Å². The van der Waals surface area contributed by atoms with Gasteiger partial charge >= 0.3 is 0 Å². The Labute approximate surface area is 170 Å². The van der Waals surface area contributed by atoms with Gasteiger partial charge in [0.05, 0.1) is 5.39 Å². The van der Waals surface area contributed by atoms with Crippen LogP contribution in [0.2, 0.25) is 0 Å². The number of nitrogens with zero attached hydrogens (tertiary/aromatic N) is 5. The maximum Gasteiger partial charge on any atom is 0.279 e. The number of hydrogen-bond donors (Lipinski definition) is 1. The average Bonchev–Trinajstić information content (AvgIpc) is 3.27. The molecule has 1 amide bonds. The Morgan fingerprint density at radius 1 is 1.29 bits per heavy atom. The maximum atomic E-state index is 13.2. The molecule has 0 saturated heterocycles. The third-order valence-electron chi connectivity index (χ3n) is 5.13. The number of rotatable bonds is 5. The molecule has 1 N–H and O–H groups in total. The first-order valence-corrected chi connectivity index (χ1v) is 11.2. The lowest BCUT2D eigenvalue weighted by Crippen LogP contribution is -2.35. The number of nitrogens with one attached hydrogen (secondary N) is 1. The molecule has 4 rings (SSSR count). The Morgan fingerprint density at radius 3 is 2.82 bits per heavy atom. The number of amides is 1. The first kappa shape index (κ1) is 19.1. The molecule has 3 aromatic heterocycles. The van der Waals surface area contributed by atoms with Crippen molar-refractivity contribution in [2.24, 2.45) is 5.92 Å². The van der Waals surface area contributed by atoms with Crippen LogP contribution in [0.25, 0.3) is 10.2 Å². The molecule has 0 spiro atoms. The van der Waals surface area contributed by atoms with Gasteiger partial charge in [0, 0.05) is 4.88 Å². The molecular formula is C18H22N6O2S2. The first-order chi connectivity index (χ1) is 13.5. The van der Waals surface area contributed by atoms with Crippen LogP contribution in [0.15, 0.2) is 4.79 Å². The second-order valence-electron chi connectivity index (χ2n) is 7.14. The minimum atomic E-state index is -0.739. The van der Waals surface area contributed by atoms with E-state index in [1.165, 1.54) is 20.9 Å². The van der Waals surface area contributed by atoms with Crippen molar-refractivity contribution in [3.05, 3.63) is 25.8 Å². The highest BCUT2D eigenvalue weighted by Crippen LogP contribution is 2.35. The molecule has 2 atom stereocenters. The van der Waals surface area contributed by atoms with Crippen molar-refractivity contribution in [2.75, 3.05) is 5.32 Å². The summed E-state index contributed by atoms with van der Waals surface area (Å²) >= 11 is 2.89. The normalized spacial score (nSPS) is 17.5. The fraction of sp³-hybridized carbons (Fsp3) is 0.556. The number of aryl methyl sites for hydroxylation is 2. The Hall–Kier alpha value is -2.20. The van der Waals surface area contributed by atoms with Gasteiger partial charge < -0.3 is 0 Å². The van der Waals surface area contributed by atoms with Crippen LogP contribution in [0.5, 0.6) is 0 Å². The molecule has 0 aromatic carbocycles. The van der Waals surface area contributed by atoms with E-state index in [-0.39, 0.29) is 11.5 Å². The largest absolute Gasteiger partial charge is 0.299 e. The van der Waals surface area contributed by atoms with E-state index < -0.39 is 6.04 Å². The number of fused-ring (bicyclic) bond motifs is 3. The van der Waals surface area contributed by atoms with Crippen molar-refractivity contribution in [1.82, 2.24) is 25.2 Å². The van der Waals surface area contributed by atoms with Crippen molar-refractivity contribution in [3.63, 3.8) is 0 Å². The molecule has 8 nitrogen and oxygen atoms in total. The molecule has 148 valence electrons. The van der Waals surface area contributed by atoms with Crippen LogP contribution in [-0.2, 0) is 24.1 Å². The number of thiophene rings is 1. The molecule has 0 saturated carbocycles. The zero-order valence-electron chi connectivity index (χ0n) is 16.1. The van der Waals surface area contributed by atoms with Crippen LogP contribution in [0.3, 0.4) is 0 Å². The highest BCUT2D eigenvalue weighted by atomic mass is 32.1. The van der Waals surface area contributed by atoms with Crippen LogP contribution < -0.4 is 10.9 Å². The van der Waals surface area contributed by atoms with E-state index in [0.29, 0.717) is 27.7 Å². The first-order valence-electron chi connectivity index (χ1n) is 9.54. The van der Waals surface area contributed by atoms with E-state index in [9.17, 15) is 9.59 Å². The lowest BCUT2D eigenvalue weighted by molar-refractivity contribution is -0.119. The van der Waals surface area contributed by atoms with E-state index in [0.717, 1.165) is 36.3 Å². The van der Waals surface area contributed by atoms with Crippen LogP contribution in [0, 0.1) is 5.92 Å². The van der Waals surface area contributed by atoms with Crippen LogP contribution in [0.4, 0.5) is 5.13 Å². The summed E-state index contributed by atoms with van der Waals surface area (Å²) in [4.78, 5) is 27.9. The van der Waals surface area contributed by atoms with Gasteiger partial charge in [0.15, 0.2) is 4.83 Å². The quantitative estimate of drug-likeness (QED) is 0.683. The summed E-state index contributed by atoms with van der Waals surface area (Å²) in [6.45, 7) is 6.06. The number of hydrogen-bond acceptors (Lipinski definition) is 8. The SMILES string of the molecule is CCc1nnc(NC(=O)C(CC)n2nnc3sc4c(c3c2=O)CCC(C)C4)s1. The minimum Gasteiger partial charge on any atom is -0.299 e. The Kier molecular flexibility index (Phi) is 5.24. The number of anilines is 1. The fourth-order valence-electron chi connectivity index (χ4n) is 3.58. The second kappa shape index (κ2) is 7.67. The molecule has 2 unspecified atom stereocenters. The smallest absolute Gasteiger partial charge is 0.279 e. The van der Waals surface area contributed by atoms with Crippen molar-refractivity contribution in [1.29, 1.82) is 0 Å². The molecule has 3 aromatic rings. The Balaban J connectivity index is 1.69. The number of aromatic nitrogens is 5. The van der Waals surface area contributed by atoms with Crippen molar-refractivity contribution < 1.29 is 4.79 Å². The predicted octanol–water partition coefficient (Wildman–Crippen LogP) is 2.98. The minimum absolute atomic E-state index is 0.231. The highest BCUT2D eigenvalue weighted by molar-refractivity contribution is 7.18. The van der Waals surface area contributed by atoms with Gasteiger partial charge in [0.25, 0.3) is 11.5 Å². The molecule has 0 aliphatic heterocycles. The van der Waals surface area contributed by atoms with Gasteiger partial charge in [-0.15, -0.1) is 26.6 Å². The van der Waals surface area contributed by atoms with Gasteiger partial charge in [-0.2, -0.15) is 4.68 Å². The average molecular weight is 419 g/mol. The number of carbonyl (C=O) groups excluding carboxylic acids is 1. The monoisotopic (exact) mass is 418 g/mol. The molecule has 0 bridgehead atoms. The zero-order valence-corrected chi connectivity index (χ0v) is 17.7. The van der Waals surface area contributed by atoms with E-state index in [4.69, 9.17) is 0 Å². The summed E-state index contributed by atoms with van der Waals surface area (Å²) in [5.74, 6) is 0.291. The molecule has 0 radical (unpaired) electrons. The van der Waals surface area contributed by atoms with E-state index in [1.807, 2.05) is 13.8 Å². The van der Waals surface area contributed by atoms with Gasteiger partial charge in [0.1, 0.15) is 11.0 Å². The summed E-state index contributed by atoms with van der Waals surface area (Å²) in [5, 5.41) is 21.0. The summed E-state index contributed by atoms with van der Waals surface area (Å²) in [7, 11) is 0. The topological polar surface area (TPSA) is 103 Å². The molecule has 0 fully saturated rings. The molecule has 3 heterocycles. The molecular weight excluding hydrogens is 396 g/mol. The van der Waals surface area contributed by atoms with Crippen molar-refractivity contribution in [3.8, 4) is 0 Å². The standard InChI is InChI=1S/C18H22N6O2S2/c1-4-11(15(25)19-18-22-20-13(5-2)28-18)24-17(26)14-10-7-6-9(3)8-12(10)27-16(14)21-23-24/h9,11H,4-8H2,1-3H3,(H,19,22,25). The third kappa shape index (κ3) is 3.35. The molecule has 1 aliphatic rings. The fourth-order valence-corrected chi connectivity index (χ4v) is 5.58.